The van der Waals surface area contributed by atoms with E-state index >= 15 is 0 Å². The summed E-state index contributed by atoms with van der Waals surface area (Å²) in [6.07, 6.45) is 3.79. The van der Waals surface area contributed by atoms with Gasteiger partial charge in [0, 0.05) is 44.3 Å². The summed E-state index contributed by atoms with van der Waals surface area (Å²) in [5, 5.41) is 0. The second-order valence-electron chi connectivity index (χ2n) is 8.08. The molecule has 3 aliphatic rings. The summed E-state index contributed by atoms with van der Waals surface area (Å²) >= 11 is 0. The van der Waals surface area contributed by atoms with E-state index in [4.69, 9.17) is 4.74 Å². The number of hydrogen-bond donors (Lipinski definition) is 0. The van der Waals surface area contributed by atoms with Gasteiger partial charge in [0.2, 0.25) is 0 Å². The summed E-state index contributed by atoms with van der Waals surface area (Å²) in [6.45, 7) is 8.67. The predicted molar refractivity (Wildman–Crippen MR) is 107 cm³/mol. The van der Waals surface area contributed by atoms with Crippen LogP contribution in [0.15, 0.2) is 24.3 Å². The van der Waals surface area contributed by atoms with Crippen LogP contribution in [0.2, 0.25) is 0 Å². The first-order chi connectivity index (χ1) is 13.6. The van der Waals surface area contributed by atoms with Gasteiger partial charge in [-0.25, -0.2) is 4.79 Å². The van der Waals surface area contributed by atoms with Crippen molar-refractivity contribution < 1.29 is 14.3 Å². The predicted octanol–water partition coefficient (Wildman–Crippen LogP) is 3.07. The molecule has 1 aromatic carbocycles. The van der Waals surface area contributed by atoms with Gasteiger partial charge in [-0.3, -0.25) is 4.79 Å². The van der Waals surface area contributed by atoms with Gasteiger partial charge in [-0.2, -0.15) is 0 Å². The third-order valence-electron chi connectivity index (χ3n) is 6.87. The van der Waals surface area contributed by atoms with Crippen LogP contribution in [0.1, 0.15) is 55.5 Å². The number of amides is 2. The van der Waals surface area contributed by atoms with Gasteiger partial charge < -0.3 is 19.4 Å². The molecule has 0 bridgehead atoms. The lowest BCUT2D eigenvalue weighted by Crippen LogP contribution is -2.55. The highest BCUT2D eigenvalue weighted by atomic mass is 16.6. The first-order valence-corrected chi connectivity index (χ1v) is 10.7. The first-order valence-electron chi connectivity index (χ1n) is 10.7. The number of fused-ring (bicyclic) bond motifs is 2. The fourth-order valence-electron chi connectivity index (χ4n) is 5.43. The summed E-state index contributed by atoms with van der Waals surface area (Å²) < 4.78 is 5.13. The Labute approximate surface area is 167 Å². The van der Waals surface area contributed by atoms with E-state index in [0.29, 0.717) is 12.6 Å². The molecule has 6 nitrogen and oxygen atoms in total. The molecule has 28 heavy (non-hydrogen) atoms. The molecule has 4 rings (SSSR count). The SMILES string of the molecule is CCOC(=O)N1CCC(N2CCC3(CC2)c2ccccc2C(=O)N3CC)CC1. The topological polar surface area (TPSA) is 53.1 Å². The highest BCUT2D eigenvalue weighted by Gasteiger charge is 2.50. The van der Waals surface area contributed by atoms with Crippen LogP contribution in [0.25, 0.3) is 0 Å². The highest BCUT2D eigenvalue weighted by Crippen LogP contribution is 2.46. The van der Waals surface area contributed by atoms with Crippen molar-refractivity contribution >= 4 is 12.0 Å². The lowest BCUT2D eigenvalue weighted by atomic mass is 9.80. The maximum atomic E-state index is 12.9. The van der Waals surface area contributed by atoms with Gasteiger partial charge in [0.15, 0.2) is 0 Å². The molecule has 0 aromatic heterocycles. The van der Waals surface area contributed by atoms with Crippen molar-refractivity contribution in [2.45, 2.75) is 51.1 Å². The van der Waals surface area contributed by atoms with Crippen molar-refractivity contribution in [1.82, 2.24) is 14.7 Å². The highest BCUT2D eigenvalue weighted by molar-refractivity contribution is 6.00. The van der Waals surface area contributed by atoms with Crippen LogP contribution in [0.5, 0.6) is 0 Å². The minimum Gasteiger partial charge on any atom is -0.450 e. The number of nitrogens with zero attached hydrogens (tertiary/aromatic N) is 3. The number of carbonyl (C=O) groups is 2. The average Bonchev–Trinajstić information content (AvgIpc) is 2.97. The number of likely N-dealkylation sites (tertiary alicyclic amines) is 2. The van der Waals surface area contributed by atoms with Crippen molar-refractivity contribution in [1.29, 1.82) is 0 Å². The molecule has 2 fully saturated rings. The lowest BCUT2D eigenvalue weighted by molar-refractivity contribution is 0.00944. The molecular weight excluding hydrogens is 354 g/mol. The molecule has 0 saturated carbocycles. The van der Waals surface area contributed by atoms with Crippen molar-refractivity contribution in [2.24, 2.45) is 0 Å². The average molecular weight is 386 g/mol. The van der Waals surface area contributed by atoms with E-state index in [0.717, 1.165) is 64.0 Å². The molecule has 0 radical (unpaired) electrons. The van der Waals surface area contributed by atoms with Crippen LogP contribution < -0.4 is 0 Å². The summed E-state index contributed by atoms with van der Waals surface area (Å²) in [5.41, 5.74) is 1.98. The Morgan fingerprint density at radius 1 is 1.11 bits per heavy atom. The van der Waals surface area contributed by atoms with Gasteiger partial charge in [0.1, 0.15) is 0 Å². The number of piperidine rings is 2. The van der Waals surface area contributed by atoms with Gasteiger partial charge >= 0.3 is 6.09 Å². The normalized spacial score (nSPS) is 22.6. The van der Waals surface area contributed by atoms with Gasteiger partial charge in [-0.05, 0) is 51.2 Å². The Hall–Kier alpha value is -2.08. The lowest BCUT2D eigenvalue weighted by Gasteiger charge is -2.48. The van der Waals surface area contributed by atoms with Gasteiger partial charge in [0.25, 0.3) is 5.91 Å². The minimum absolute atomic E-state index is 0.134. The van der Waals surface area contributed by atoms with Crippen molar-refractivity contribution in [3.05, 3.63) is 35.4 Å². The molecule has 2 amide bonds. The maximum absolute atomic E-state index is 12.9. The van der Waals surface area contributed by atoms with E-state index in [1.165, 1.54) is 5.56 Å². The van der Waals surface area contributed by atoms with Gasteiger partial charge in [-0.1, -0.05) is 18.2 Å². The monoisotopic (exact) mass is 385 g/mol. The quantitative estimate of drug-likeness (QED) is 0.802. The molecule has 3 heterocycles. The van der Waals surface area contributed by atoms with E-state index in [-0.39, 0.29) is 17.5 Å². The Balaban J connectivity index is 1.41. The number of carbonyl (C=O) groups excluding carboxylic acids is 2. The molecular formula is C22H31N3O3. The Kier molecular flexibility index (Phi) is 5.32. The molecule has 1 spiro atoms. The third-order valence-corrected chi connectivity index (χ3v) is 6.87. The number of hydrogen-bond acceptors (Lipinski definition) is 4. The minimum atomic E-state index is -0.182. The summed E-state index contributed by atoms with van der Waals surface area (Å²) in [5.74, 6) is 0.189. The molecule has 0 N–H and O–H groups in total. The number of ether oxygens (including phenoxy) is 1. The van der Waals surface area contributed by atoms with Crippen LogP contribution in [0.3, 0.4) is 0 Å². The Morgan fingerprint density at radius 2 is 1.79 bits per heavy atom. The van der Waals surface area contributed by atoms with Crippen LogP contribution in [0, 0.1) is 0 Å². The number of rotatable bonds is 3. The van der Waals surface area contributed by atoms with Crippen molar-refractivity contribution in [2.75, 3.05) is 39.3 Å². The molecule has 0 aliphatic carbocycles. The smallest absolute Gasteiger partial charge is 0.409 e. The second-order valence-corrected chi connectivity index (χ2v) is 8.08. The summed E-state index contributed by atoms with van der Waals surface area (Å²) in [4.78, 5) is 31.3. The van der Waals surface area contributed by atoms with Crippen LogP contribution in [-0.4, -0.2) is 72.1 Å². The Morgan fingerprint density at radius 3 is 2.43 bits per heavy atom. The zero-order chi connectivity index (χ0) is 19.7. The van der Waals surface area contributed by atoms with Crippen molar-refractivity contribution in [3.8, 4) is 0 Å². The molecule has 3 aliphatic heterocycles. The zero-order valence-electron chi connectivity index (χ0n) is 17.0. The molecule has 6 heteroatoms. The molecule has 2 saturated heterocycles. The number of benzene rings is 1. The van der Waals surface area contributed by atoms with E-state index in [9.17, 15) is 9.59 Å². The van der Waals surface area contributed by atoms with Crippen LogP contribution >= 0.6 is 0 Å². The summed E-state index contributed by atoms with van der Waals surface area (Å²) in [6, 6.07) is 8.68. The van der Waals surface area contributed by atoms with Crippen LogP contribution in [0.4, 0.5) is 4.79 Å². The first kappa shape index (κ1) is 19.2. The van der Waals surface area contributed by atoms with E-state index in [1.807, 2.05) is 24.0 Å². The van der Waals surface area contributed by atoms with E-state index in [1.54, 1.807) is 0 Å². The second kappa shape index (κ2) is 7.74. The molecule has 0 unspecified atom stereocenters. The molecule has 152 valence electrons. The molecule has 0 atom stereocenters. The van der Waals surface area contributed by atoms with E-state index < -0.39 is 0 Å². The standard InChI is InChI=1S/C22H31N3O3/c1-3-25-20(26)18-7-5-6-8-19(18)22(25)11-15-23(16-12-22)17-9-13-24(14-10-17)21(27)28-4-2/h5-8,17H,3-4,9-16H2,1-2H3. The largest absolute Gasteiger partial charge is 0.450 e. The maximum Gasteiger partial charge on any atom is 0.409 e. The van der Waals surface area contributed by atoms with E-state index in [2.05, 4.69) is 28.9 Å². The Bertz CT molecular complexity index is 734. The fourth-order valence-corrected chi connectivity index (χ4v) is 5.43. The van der Waals surface area contributed by atoms with Crippen LogP contribution in [-0.2, 0) is 10.3 Å². The molecule has 1 aromatic rings. The fraction of sp³-hybridized carbons (Fsp3) is 0.636. The van der Waals surface area contributed by atoms with Gasteiger partial charge in [-0.15, -0.1) is 0 Å². The summed E-state index contributed by atoms with van der Waals surface area (Å²) in [7, 11) is 0. The third kappa shape index (κ3) is 3.08. The van der Waals surface area contributed by atoms with Crippen molar-refractivity contribution in [3.63, 3.8) is 0 Å². The van der Waals surface area contributed by atoms with Gasteiger partial charge in [0.05, 0.1) is 12.1 Å². The zero-order valence-corrected chi connectivity index (χ0v) is 17.0.